The molecule has 0 aromatic heterocycles. The summed E-state index contributed by atoms with van der Waals surface area (Å²) in [6.45, 7) is 7.62. The molecule has 13 heavy (non-hydrogen) atoms. The Labute approximate surface area is 79.9 Å². The average molecular weight is 179 g/mol. The SMILES string of the molecule is CC1(C)[C@@H](C#N)CC[C@@]1(C)[C@H]1CO1. The summed E-state index contributed by atoms with van der Waals surface area (Å²) in [4.78, 5) is 0. The molecule has 0 aromatic rings. The summed E-state index contributed by atoms with van der Waals surface area (Å²) in [5.74, 6) is 0.210. The Hall–Kier alpha value is -0.550. The molecule has 0 radical (unpaired) electrons. The van der Waals surface area contributed by atoms with Crippen LogP contribution >= 0.6 is 0 Å². The van der Waals surface area contributed by atoms with Gasteiger partial charge in [0, 0.05) is 5.41 Å². The smallest absolute Gasteiger partial charge is 0.0868 e. The highest BCUT2D eigenvalue weighted by Crippen LogP contribution is 2.60. The van der Waals surface area contributed by atoms with E-state index in [1.165, 1.54) is 0 Å². The van der Waals surface area contributed by atoms with Crippen LogP contribution in [0.3, 0.4) is 0 Å². The minimum absolute atomic E-state index is 0.114. The zero-order valence-corrected chi connectivity index (χ0v) is 8.63. The van der Waals surface area contributed by atoms with Crippen molar-refractivity contribution in [1.82, 2.24) is 0 Å². The summed E-state index contributed by atoms with van der Waals surface area (Å²) in [6, 6.07) is 2.44. The van der Waals surface area contributed by atoms with Crippen molar-refractivity contribution < 1.29 is 4.74 Å². The Morgan fingerprint density at radius 2 is 2.00 bits per heavy atom. The molecule has 1 aliphatic heterocycles. The monoisotopic (exact) mass is 179 g/mol. The van der Waals surface area contributed by atoms with Gasteiger partial charge in [0.15, 0.2) is 0 Å². The van der Waals surface area contributed by atoms with E-state index in [-0.39, 0.29) is 16.7 Å². The van der Waals surface area contributed by atoms with Gasteiger partial charge in [-0.2, -0.15) is 5.26 Å². The molecule has 0 N–H and O–H groups in total. The predicted octanol–water partition coefficient (Wildman–Crippen LogP) is 2.35. The Morgan fingerprint density at radius 1 is 1.38 bits per heavy atom. The maximum Gasteiger partial charge on any atom is 0.0868 e. The van der Waals surface area contributed by atoms with E-state index in [9.17, 15) is 0 Å². The lowest BCUT2D eigenvalue weighted by Crippen LogP contribution is -2.38. The van der Waals surface area contributed by atoms with Gasteiger partial charge in [0.25, 0.3) is 0 Å². The molecular weight excluding hydrogens is 162 g/mol. The van der Waals surface area contributed by atoms with E-state index in [4.69, 9.17) is 10.00 Å². The molecule has 0 amide bonds. The number of nitriles is 1. The molecule has 72 valence electrons. The number of epoxide rings is 1. The highest BCUT2D eigenvalue weighted by atomic mass is 16.6. The third-order valence-corrected chi connectivity index (χ3v) is 4.50. The van der Waals surface area contributed by atoms with Crippen LogP contribution in [0.5, 0.6) is 0 Å². The van der Waals surface area contributed by atoms with E-state index in [1.807, 2.05) is 0 Å². The first-order valence-corrected chi connectivity index (χ1v) is 5.03. The van der Waals surface area contributed by atoms with Crippen molar-refractivity contribution in [1.29, 1.82) is 5.26 Å². The van der Waals surface area contributed by atoms with Gasteiger partial charge in [0.05, 0.1) is 24.7 Å². The van der Waals surface area contributed by atoms with Crippen molar-refractivity contribution in [3.8, 4) is 6.07 Å². The van der Waals surface area contributed by atoms with Crippen LogP contribution in [-0.4, -0.2) is 12.7 Å². The average Bonchev–Trinajstić information content (AvgIpc) is 2.83. The highest BCUT2D eigenvalue weighted by Gasteiger charge is 2.59. The number of hydrogen-bond acceptors (Lipinski definition) is 2. The molecule has 2 aliphatic rings. The van der Waals surface area contributed by atoms with Crippen molar-refractivity contribution in [2.24, 2.45) is 16.7 Å². The Morgan fingerprint density at radius 3 is 2.38 bits per heavy atom. The molecule has 0 spiro atoms. The van der Waals surface area contributed by atoms with Crippen molar-refractivity contribution in [3.05, 3.63) is 0 Å². The van der Waals surface area contributed by atoms with Crippen LogP contribution in [0.2, 0.25) is 0 Å². The fourth-order valence-corrected chi connectivity index (χ4v) is 2.74. The van der Waals surface area contributed by atoms with Crippen molar-refractivity contribution in [2.45, 2.75) is 39.7 Å². The van der Waals surface area contributed by atoms with E-state index in [1.54, 1.807) is 0 Å². The second kappa shape index (κ2) is 2.48. The molecule has 2 heteroatoms. The number of ether oxygens (including phenoxy) is 1. The van der Waals surface area contributed by atoms with E-state index in [2.05, 4.69) is 26.8 Å². The predicted molar refractivity (Wildman–Crippen MR) is 50.0 cm³/mol. The first kappa shape index (κ1) is 9.02. The lowest BCUT2D eigenvalue weighted by atomic mass is 9.64. The van der Waals surface area contributed by atoms with E-state index < -0.39 is 0 Å². The molecule has 2 nitrogen and oxygen atoms in total. The summed E-state index contributed by atoms with van der Waals surface area (Å²) in [6.07, 6.45) is 2.60. The van der Waals surface area contributed by atoms with Crippen LogP contribution in [0.4, 0.5) is 0 Å². The molecular formula is C11H17NO. The fourth-order valence-electron chi connectivity index (χ4n) is 2.74. The minimum atomic E-state index is 0.114. The largest absolute Gasteiger partial charge is 0.373 e. The highest BCUT2D eigenvalue weighted by molar-refractivity contribution is 5.12. The van der Waals surface area contributed by atoms with Crippen LogP contribution in [0.15, 0.2) is 0 Å². The topological polar surface area (TPSA) is 36.3 Å². The van der Waals surface area contributed by atoms with Crippen LogP contribution in [-0.2, 0) is 4.74 Å². The Balaban J connectivity index is 2.28. The van der Waals surface area contributed by atoms with E-state index in [0.29, 0.717) is 6.10 Å². The summed E-state index contributed by atoms with van der Waals surface area (Å²) < 4.78 is 5.41. The van der Waals surface area contributed by atoms with Gasteiger partial charge in [-0.05, 0) is 18.3 Å². The summed E-state index contributed by atoms with van der Waals surface area (Å²) in [5, 5.41) is 9.05. The Kier molecular flexibility index (Phi) is 1.72. The molecule has 0 aromatic carbocycles. The van der Waals surface area contributed by atoms with Gasteiger partial charge in [0.2, 0.25) is 0 Å². The van der Waals surface area contributed by atoms with Gasteiger partial charge < -0.3 is 4.74 Å². The molecule has 2 rings (SSSR count). The third kappa shape index (κ3) is 1.03. The molecule has 1 saturated carbocycles. The normalized spacial score (nSPS) is 47.2. The van der Waals surface area contributed by atoms with Gasteiger partial charge in [-0.25, -0.2) is 0 Å². The first-order valence-electron chi connectivity index (χ1n) is 5.03. The zero-order chi connectivity index (χ0) is 9.69. The van der Waals surface area contributed by atoms with Gasteiger partial charge in [-0.15, -0.1) is 0 Å². The number of nitrogens with zero attached hydrogens (tertiary/aromatic N) is 1. The van der Waals surface area contributed by atoms with Crippen LogP contribution < -0.4 is 0 Å². The lowest BCUT2D eigenvalue weighted by molar-refractivity contribution is 0.0716. The van der Waals surface area contributed by atoms with E-state index in [0.717, 1.165) is 19.4 Å². The minimum Gasteiger partial charge on any atom is -0.373 e. The van der Waals surface area contributed by atoms with E-state index >= 15 is 0 Å². The lowest BCUT2D eigenvalue weighted by Gasteiger charge is -2.38. The standard InChI is InChI=1S/C11H17NO/c1-10(2)8(6-12)4-5-11(10,3)9-7-13-9/h8-9H,4-5,7H2,1-3H3/t8-,9-,11+/m1/s1. The molecule has 1 heterocycles. The zero-order valence-electron chi connectivity index (χ0n) is 8.63. The molecule has 1 saturated heterocycles. The van der Waals surface area contributed by atoms with Gasteiger partial charge in [-0.3, -0.25) is 0 Å². The second-order valence-corrected chi connectivity index (χ2v) is 5.18. The summed E-state index contributed by atoms with van der Waals surface area (Å²) in [5.41, 5.74) is 0.344. The second-order valence-electron chi connectivity index (χ2n) is 5.18. The van der Waals surface area contributed by atoms with Crippen LogP contribution in [0.1, 0.15) is 33.6 Å². The number of hydrogen-bond donors (Lipinski definition) is 0. The van der Waals surface area contributed by atoms with Crippen molar-refractivity contribution in [3.63, 3.8) is 0 Å². The fraction of sp³-hybridized carbons (Fsp3) is 0.909. The maximum absolute atomic E-state index is 9.05. The van der Waals surface area contributed by atoms with Gasteiger partial charge >= 0.3 is 0 Å². The van der Waals surface area contributed by atoms with Crippen molar-refractivity contribution >= 4 is 0 Å². The Bertz CT molecular complexity index is 262. The van der Waals surface area contributed by atoms with Crippen LogP contribution in [0.25, 0.3) is 0 Å². The van der Waals surface area contributed by atoms with Crippen LogP contribution in [0, 0.1) is 28.1 Å². The summed E-state index contributed by atoms with van der Waals surface area (Å²) in [7, 11) is 0. The van der Waals surface area contributed by atoms with Crippen molar-refractivity contribution in [2.75, 3.05) is 6.61 Å². The molecule has 3 atom stereocenters. The number of rotatable bonds is 1. The molecule has 2 fully saturated rings. The third-order valence-electron chi connectivity index (χ3n) is 4.50. The molecule has 1 aliphatic carbocycles. The molecule has 0 bridgehead atoms. The molecule has 0 unspecified atom stereocenters. The van der Waals surface area contributed by atoms with Gasteiger partial charge in [0.1, 0.15) is 0 Å². The maximum atomic E-state index is 9.05. The summed E-state index contributed by atoms with van der Waals surface area (Å²) >= 11 is 0. The quantitative estimate of drug-likeness (QED) is 0.579. The van der Waals surface area contributed by atoms with Gasteiger partial charge in [-0.1, -0.05) is 20.8 Å². The first-order chi connectivity index (χ1) is 6.02.